The van der Waals surface area contributed by atoms with Crippen molar-refractivity contribution >= 4 is 52.7 Å². The summed E-state index contributed by atoms with van der Waals surface area (Å²) in [6, 6.07) is 12.5. The number of hydrogen-bond donors (Lipinski definition) is 3. The molecule has 0 unspecified atom stereocenters. The first kappa shape index (κ1) is 22.7. The number of carbonyl (C=O) groups is 1. The summed E-state index contributed by atoms with van der Waals surface area (Å²) in [7, 11) is 0. The number of nitrogens with zero attached hydrogens (tertiary/aromatic N) is 4. The second-order valence-electron chi connectivity index (χ2n) is 9.26. The molecule has 1 aromatic carbocycles. The minimum atomic E-state index is -0.497. The van der Waals surface area contributed by atoms with Gasteiger partial charge in [-0.3, -0.25) is 5.10 Å². The van der Waals surface area contributed by atoms with E-state index in [1.807, 2.05) is 55.3 Å². The number of thiophene rings is 1. The fraction of sp³-hybridized carbons (Fsp3) is 0.333. The van der Waals surface area contributed by atoms with Crippen molar-refractivity contribution in [1.82, 2.24) is 30.4 Å². The van der Waals surface area contributed by atoms with E-state index in [1.165, 1.54) is 5.56 Å². The third kappa shape index (κ3) is 3.70. The highest BCUT2D eigenvalue weighted by Gasteiger charge is 2.46. The molecule has 8 nitrogen and oxygen atoms in total. The molecule has 10 heteroatoms. The van der Waals surface area contributed by atoms with Crippen LogP contribution < -0.4 is 10.6 Å². The van der Waals surface area contributed by atoms with Gasteiger partial charge in [-0.25, -0.2) is 14.8 Å². The largest absolute Gasteiger partial charge is 0.335 e. The number of urea groups is 1. The lowest BCUT2D eigenvalue weighted by molar-refractivity contribution is 0.142. The van der Waals surface area contributed by atoms with Crippen LogP contribution >= 0.6 is 24.8 Å². The molecule has 4 aromatic rings. The molecule has 0 radical (unpaired) electrons. The van der Waals surface area contributed by atoms with Crippen LogP contribution in [-0.2, 0) is 12.1 Å². The first-order valence-corrected chi connectivity index (χ1v) is 12.0. The lowest BCUT2D eigenvalue weighted by Gasteiger charge is -2.32. The number of aryl methyl sites for hydroxylation is 1. The van der Waals surface area contributed by atoms with Crippen molar-refractivity contribution in [1.29, 1.82) is 0 Å². The van der Waals surface area contributed by atoms with Gasteiger partial charge in [0.25, 0.3) is 0 Å². The van der Waals surface area contributed by atoms with Crippen LogP contribution in [0, 0.1) is 6.92 Å². The van der Waals surface area contributed by atoms with Gasteiger partial charge in [0.05, 0.1) is 23.2 Å². The van der Waals surface area contributed by atoms with E-state index in [2.05, 4.69) is 42.9 Å². The summed E-state index contributed by atoms with van der Waals surface area (Å²) in [4.78, 5) is 25.2. The third-order valence-corrected chi connectivity index (χ3v) is 7.52. The van der Waals surface area contributed by atoms with E-state index < -0.39 is 5.54 Å². The minimum absolute atomic E-state index is 0. The van der Waals surface area contributed by atoms with Crippen LogP contribution in [0.2, 0.25) is 0 Å². The zero-order chi connectivity index (χ0) is 22.7. The second-order valence-corrected chi connectivity index (χ2v) is 10.2. The Morgan fingerprint density at radius 3 is 2.76 bits per heavy atom. The fourth-order valence-corrected chi connectivity index (χ4v) is 5.58. The van der Waals surface area contributed by atoms with Crippen LogP contribution in [0.1, 0.15) is 48.8 Å². The Labute approximate surface area is 208 Å². The maximum absolute atomic E-state index is 13.2. The summed E-state index contributed by atoms with van der Waals surface area (Å²) in [5, 5.41) is 17.3. The van der Waals surface area contributed by atoms with Gasteiger partial charge in [-0.15, -0.1) is 11.3 Å². The van der Waals surface area contributed by atoms with Crippen LogP contribution in [0.25, 0.3) is 10.2 Å². The van der Waals surface area contributed by atoms with Gasteiger partial charge >= 0.3 is 6.03 Å². The number of H-pyrrole nitrogens is 1. The number of rotatable bonds is 4. The lowest BCUT2D eigenvalue weighted by Crippen LogP contribution is -2.47. The molecule has 1 fully saturated rings. The van der Waals surface area contributed by atoms with E-state index in [4.69, 9.17) is 0 Å². The van der Waals surface area contributed by atoms with Gasteiger partial charge in [-0.2, -0.15) is 18.6 Å². The smallest absolute Gasteiger partial charge is 0.318 e. The molecule has 0 spiro atoms. The maximum Gasteiger partial charge on any atom is 0.318 e. The number of carbonyl (C=O) groups excluding carboxylic acids is 1. The number of amides is 2. The van der Waals surface area contributed by atoms with E-state index in [-0.39, 0.29) is 25.6 Å². The maximum atomic E-state index is 13.2. The molecule has 176 valence electrons. The first-order chi connectivity index (χ1) is 15.9. The van der Waals surface area contributed by atoms with Gasteiger partial charge in [0.1, 0.15) is 16.5 Å². The highest BCUT2D eigenvalue weighted by atomic mass is 32.1. The van der Waals surface area contributed by atoms with Gasteiger partial charge in [0.15, 0.2) is 5.82 Å². The zero-order valence-electron chi connectivity index (χ0n) is 19.2. The Bertz CT molecular complexity index is 1360. The van der Waals surface area contributed by atoms with Gasteiger partial charge in [-0.1, -0.05) is 30.3 Å². The van der Waals surface area contributed by atoms with Crippen molar-refractivity contribution in [3.05, 3.63) is 64.4 Å². The number of hydrogen-bond acceptors (Lipinski definition) is 6. The second kappa shape index (κ2) is 8.28. The van der Waals surface area contributed by atoms with Crippen LogP contribution in [0.4, 0.5) is 16.4 Å². The van der Waals surface area contributed by atoms with Gasteiger partial charge in [0, 0.05) is 17.5 Å². The SMILES string of the molecule is Cc1nc(Nc2n[nH]c3c2CN(C(=O)N[C@@H]2C[C@H]2c2ccccc2)C3(C)C)c2ccsc2n1.S. The first-order valence-electron chi connectivity index (χ1n) is 11.1. The molecular weight excluding hydrogens is 466 g/mol. The quantitative estimate of drug-likeness (QED) is 0.376. The van der Waals surface area contributed by atoms with Crippen LogP contribution in [0.3, 0.4) is 0 Å². The Balaban J connectivity index is 0.00000241. The average molecular weight is 494 g/mol. The number of fused-ring (bicyclic) bond motifs is 2. The molecule has 3 aromatic heterocycles. The number of anilines is 2. The molecule has 1 aliphatic carbocycles. The molecule has 0 saturated heterocycles. The van der Waals surface area contributed by atoms with Crippen molar-refractivity contribution in [3.63, 3.8) is 0 Å². The molecule has 2 amide bonds. The van der Waals surface area contributed by atoms with E-state index in [1.54, 1.807) is 11.3 Å². The molecule has 2 aliphatic rings. The summed E-state index contributed by atoms with van der Waals surface area (Å²) in [6.45, 7) is 6.46. The summed E-state index contributed by atoms with van der Waals surface area (Å²) >= 11 is 1.59. The third-order valence-electron chi connectivity index (χ3n) is 6.72. The van der Waals surface area contributed by atoms with E-state index in [0.717, 1.165) is 33.7 Å². The fourth-order valence-electron chi connectivity index (χ4n) is 4.77. The molecular formula is C24H27N7OS2. The number of aromatic amines is 1. The summed E-state index contributed by atoms with van der Waals surface area (Å²) in [6.07, 6.45) is 0.980. The normalized spacial score (nSPS) is 20.0. The number of nitrogens with one attached hydrogen (secondary N) is 3. The van der Waals surface area contributed by atoms with Crippen LogP contribution in [0.15, 0.2) is 41.8 Å². The molecule has 34 heavy (non-hydrogen) atoms. The number of aromatic nitrogens is 4. The van der Waals surface area contributed by atoms with Crippen LogP contribution in [-0.4, -0.2) is 37.1 Å². The van der Waals surface area contributed by atoms with E-state index in [0.29, 0.717) is 24.1 Å². The lowest BCUT2D eigenvalue weighted by atomic mass is 10.0. The van der Waals surface area contributed by atoms with Crippen molar-refractivity contribution < 1.29 is 4.79 Å². The molecule has 6 rings (SSSR count). The van der Waals surface area contributed by atoms with E-state index in [9.17, 15) is 4.79 Å². The Kier molecular flexibility index (Phi) is 5.52. The van der Waals surface area contributed by atoms with Gasteiger partial charge in [-0.05, 0) is 44.2 Å². The Hall–Kier alpha value is -3.11. The molecule has 2 atom stereocenters. The van der Waals surface area contributed by atoms with Crippen LogP contribution in [0.5, 0.6) is 0 Å². The predicted molar refractivity (Wildman–Crippen MR) is 139 cm³/mol. The molecule has 1 aliphatic heterocycles. The summed E-state index contributed by atoms with van der Waals surface area (Å²) in [5.74, 6) is 2.54. The van der Waals surface area contributed by atoms with Crippen molar-refractivity contribution in [3.8, 4) is 0 Å². The predicted octanol–water partition coefficient (Wildman–Crippen LogP) is 4.90. The van der Waals surface area contributed by atoms with Crippen molar-refractivity contribution in [2.45, 2.75) is 51.2 Å². The topological polar surface area (TPSA) is 98.8 Å². The Morgan fingerprint density at radius 1 is 1.18 bits per heavy atom. The van der Waals surface area contributed by atoms with Crippen molar-refractivity contribution in [2.75, 3.05) is 5.32 Å². The van der Waals surface area contributed by atoms with Gasteiger partial charge in [0.2, 0.25) is 0 Å². The minimum Gasteiger partial charge on any atom is -0.335 e. The molecule has 4 heterocycles. The van der Waals surface area contributed by atoms with E-state index >= 15 is 0 Å². The molecule has 0 bridgehead atoms. The Morgan fingerprint density at radius 2 is 1.97 bits per heavy atom. The summed E-state index contributed by atoms with van der Waals surface area (Å²) in [5.41, 5.74) is 2.72. The van der Waals surface area contributed by atoms with Crippen molar-refractivity contribution in [2.24, 2.45) is 0 Å². The molecule has 1 saturated carbocycles. The standard InChI is InChI=1S/C24H25N7OS.H2S/c1-13-25-20(15-9-10-33-22(15)26-13)28-21-17-12-31(24(2,3)19(17)29-30-21)23(32)27-18-11-16(18)14-7-5-4-6-8-14;/h4-10,16,18H,11-12H2,1-3H3,(H,27,32)(H2,25,26,28,29,30);1H2/t16-,18+;/m0./s1. The molecule has 3 N–H and O–H groups in total. The number of benzene rings is 1. The zero-order valence-corrected chi connectivity index (χ0v) is 21.0. The summed E-state index contributed by atoms with van der Waals surface area (Å²) < 4.78 is 0. The van der Waals surface area contributed by atoms with Gasteiger partial charge < -0.3 is 15.5 Å². The highest BCUT2D eigenvalue weighted by molar-refractivity contribution is 7.59. The monoisotopic (exact) mass is 493 g/mol. The highest BCUT2D eigenvalue weighted by Crippen LogP contribution is 2.44. The average Bonchev–Trinajstić information content (AvgIpc) is 3.09.